The van der Waals surface area contributed by atoms with Gasteiger partial charge in [-0.25, -0.2) is 0 Å². The number of ether oxygens (including phenoxy) is 11. The van der Waals surface area contributed by atoms with E-state index in [-0.39, 0.29) is 33.0 Å². The average Bonchev–Trinajstić information content (AvgIpc) is 3.45. The molecule has 1 unspecified atom stereocenters. The van der Waals surface area contributed by atoms with Gasteiger partial charge in [0.15, 0.2) is 12.6 Å². The first-order chi connectivity index (χ1) is 36.2. The third-order valence-electron chi connectivity index (χ3n) is 12.9. The van der Waals surface area contributed by atoms with Gasteiger partial charge in [0, 0.05) is 7.11 Å². The van der Waals surface area contributed by atoms with Crippen molar-refractivity contribution in [1.29, 1.82) is 0 Å². The topological polar surface area (TPSA) is 102 Å². The zero-order valence-electron chi connectivity index (χ0n) is 41.3. The van der Waals surface area contributed by atoms with E-state index in [4.69, 9.17) is 52.1 Å². The molecule has 0 bridgehead atoms. The molecule has 380 valence electrons. The van der Waals surface area contributed by atoms with Crippen molar-refractivity contribution >= 4 is 0 Å². The largest absolute Gasteiger partial charge is 0.374 e. The van der Waals surface area contributed by atoms with Crippen molar-refractivity contribution in [3.05, 3.63) is 251 Å². The Bertz CT molecular complexity index is 2560. The zero-order valence-corrected chi connectivity index (χ0v) is 41.3. The first-order valence-electron chi connectivity index (χ1n) is 25.2. The van der Waals surface area contributed by atoms with Gasteiger partial charge in [-0.05, 0) is 38.9 Å². The Kier molecular flexibility index (Phi) is 19.9. The number of hydrogen-bond donors (Lipinski definition) is 0. The smallest absolute Gasteiger partial charge is 0.187 e. The van der Waals surface area contributed by atoms with E-state index in [2.05, 4.69) is 0 Å². The van der Waals surface area contributed by atoms with Crippen LogP contribution in [0.5, 0.6) is 0 Å². The summed E-state index contributed by atoms with van der Waals surface area (Å²) in [6.45, 7) is 2.25. The maximum atomic E-state index is 7.10. The second-order valence-electron chi connectivity index (χ2n) is 18.2. The first-order valence-corrected chi connectivity index (χ1v) is 25.2. The molecule has 2 aliphatic heterocycles. The summed E-state index contributed by atoms with van der Waals surface area (Å²) in [7, 11) is 1.61. The van der Waals surface area contributed by atoms with Crippen molar-refractivity contribution in [2.24, 2.45) is 0 Å². The van der Waals surface area contributed by atoms with Crippen molar-refractivity contribution in [3.8, 4) is 0 Å². The quantitative estimate of drug-likeness (QED) is 0.0518. The molecule has 73 heavy (non-hydrogen) atoms. The summed E-state index contributed by atoms with van der Waals surface area (Å²) >= 11 is 0. The molecule has 0 radical (unpaired) electrons. The van der Waals surface area contributed by atoms with Crippen LogP contribution in [0.1, 0.15) is 38.9 Å². The van der Waals surface area contributed by atoms with Crippen molar-refractivity contribution < 1.29 is 52.1 Å². The number of methoxy groups -OCH3 is 1. The molecular weight excluding hydrogens is 921 g/mol. The molecule has 2 fully saturated rings. The highest BCUT2D eigenvalue weighted by atomic mass is 16.7. The van der Waals surface area contributed by atoms with Gasteiger partial charge in [-0.1, -0.05) is 212 Å². The standard InChI is InChI=1S/C62H66O11/c1-63-61-59(69-42-51-33-19-7-20-34-51)57(67-40-49-29-15-5-16-30-49)56(66-39-48-27-13-4-14-28-48)54(72-61)45-71-62-60(70-43-52-35-21-8-22-36-52)58(68-41-50-31-17-6-18-32-50)55(65-38-47-25-11-3-12-26-47)53(73-62)44-64-37-46-23-9-2-10-24-46/h2-36,53-62H,37-45H2,1H3/t53-,54-,55+,56-,57+,58+,59-,60-,61+,62?/m1/s1. The summed E-state index contributed by atoms with van der Waals surface area (Å²) in [6.07, 6.45) is -7.47. The Morgan fingerprint density at radius 3 is 0.863 bits per heavy atom. The molecule has 2 aliphatic rings. The molecule has 0 saturated carbocycles. The van der Waals surface area contributed by atoms with Crippen LogP contribution in [0.25, 0.3) is 0 Å². The fourth-order valence-corrected chi connectivity index (χ4v) is 9.14. The molecule has 0 aromatic heterocycles. The van der Waals surface area contributed by atoms with Gasteiger partial charge < -0.3 is 52.1 Å². The van der Waals surface area contributed by atoms with Crippen molar-refractivity contribution in [2.75, 3.05) is 20.3 Å². The third kappa shape index (κ3) is 15.3. The highest BCUT2D eigenvalue weighted by Gasteiger charge is 2.52. The van der Waals surface area contributed by atoms with Crippen molar-refractivity contribution in [2.45, 2.75) is 108 Å². The second kappa shape index (κ2) is 28.0. The van der Waals surface area contributed by atoms with E-state index >= 15 is 0 Å². The van der Waals surface area contributed by atoms with E-state index < -0.39 is 61.4 Å². The Labute approximate surface area is 429 Å². The summed E-state index contributed by atoms with van der Waals surface area (Å²) in [5, 5.41) is 0. The molecule has 0 N–H and O–H groups in total. The SMILES string of the molecule is CO[C@H]1O[C@H](COC2O[C@H](COCc3ccccc3)[C@H](OCc3ccccc3)[C@H](OCc3ccccc3)[C@H]2OCc2ccccc2)[C@@H](OCc2ccccc2)[C@H](OCc2ccccc2)[C@H]1OCc1ccccc1. The number of rotatable bonds is 26. The lowest BCUT2D eigenvalue weighted by molar-refractivity contribution is -0.351. The molecule has 10 atom stereocenters. The summed E-state index contributed by atoms with van der Waals surface area (Å²) < 4.78 is 75.2. The van der Waals surface area contributed by atoms with E-state index in [1.807, 2.05) is 212 Å². The lowest BCUT2D eigenvalue weighted by Crippen LogP contribution is -2.64. The highest BCUT2D eigenvalue weighted by Crippen LogP contribution is 2.35. The van der Waals surface area contributed by atoms with E-state index in [1.54, 1.807) is 7.11 Å². The monoisotopic (exact) mass is 986 g/mol. The van der Waals surface area contributed by atoms with Crippen LogP contribution in [0, 0.1) is 0 Å². The fourth-order valence-electron chi connectivity index (χ4n) is 9.14. The van der Waals surface area contributed by atoms with Gasteiger partial charge in [0.1, 0.15) is 48.8 Å². The Hall–Kier alpha value is -5.90. The van der Waals surface area contributed by atoms with Gasteiger partial charge >= 0.3 is 0 Å². The minimum absolute atomic E-state index is 0.00960. The molecule has 2 heterocycles. The van der Waals surface area contributed by atoms with E-state index in [9.17, 15) is 0 Å². The lowest BCUT2D eigenvalue weighted by atomic mass is 9.96. The summed E-state index contributed by atoms with van der Waals surface area (Å²) in [4.78, 5) is 0. The molecular formula is C62H66O11. The number of benzene rings is 7. The van der Waals surface area contributed by atoms with Crippen molar-refractivity contribution in [1.82, 2.24) is 0 Å². The summed E-state index contributed by atoms with van der Waals surface area (Å²) in [5.74, 6) is 0. The lowest BCUT2D eigenvalue weighted by Gasteiger charge is -2.48. The zero-order chi connectivity index (χ0) is 49.7. The first kappa shape index (κ1) is 52.0. The second-order valence-corrected chi connectivity index (χ2v) is 18.2. The van der Waals surface area contributed by atoms with Crippen LogP contribution >= 0.6 is 0 Å². The molecule has 0 spiro atoms. The maximum Gasteiger partial charge on any atom is 0.187 e. The molecule has 0 amide bonds. The average molecular weight is 987 g/mol. The minimum atomic E-state index is -0.999. The molecule has 11 nitrogen and oxygen atoms in total. The molecule has 7 aromatic rings. The minimum Gasteiger partial charge on any atom is -0.374 e. The van der Waals surface area contributed by atoms with Crippen LogP contribution in [0.4, 0.5) is 0 Å². The third-order valence-corrected chi connectivity index (χ3v) is 12.9. The van der Waals surface area contributed by atoms with E-state index in [1.165, 1.54) is 0 Å². The summed E-state index contributed by atoms with van der Waals surface area (Å²) in [6, 6.07) is 70.4. The van der Waals surface area contributed by atoms with Crippen LogP contribution in [0.2, 0.25) is 0 Å². The number of hydrogen-bond acceptors (Lipinski definition) is 11. The Morgan fingerprint density at radius 2 is 0.534 bits per heavy atom. The highest BCUT2D eigenvalue weighted by molar-refractivity contribution is 5.19. The molecule has 11 heteroatoms. The van der Waals surface area contributed by atoms with Crippen LogP contribution in [-0.4, -0.2) is 81.7 Å². The molecule has 0 aliphatic carbocycles. The Morgan fingerprint density at radius 1 is 0.274 bits per heavy atom. The Balaban J connectivity index is 1.05. The van der Waals surface area contributed by atoms with Gasteiger partial charge in [-0.15, -0.1) is 0 Å². The van der Waals surface area contributed by atoms with Gasteiger partial charge in [0.05, 0.1) is 59.5 Å². The van der Waals surface area contributed by atoms with Gasteiger partial charge in [0.25, 0.3) is 0 Å². The summed E-state index contributed by atoms with van der Waals surface area (Å²) in [5.41, 5.74) is 7.00. The van der Waals surface area contributed by atoms with Crippen molar-refractivity contribution in [3.63, 3.8) is 0 Å². The fraction of sp³-hybridized carbons (Fsp3) is 0.323. The normalized spacial score (nSPS) is 24.0. The van der Waals surface area contributed by atoms with Crippen LogP contribution in [-0.2, 0) is 98.4 Å². The predicted octanol–water partition coefficient (Wildman–Crippen LogP) is 10.8. The maximum absolute atomic E-state index is 7.10. The van der Waals surface area contributed by atoms with E-state index in [0.29, 0.717) is 26.4 Å². The van der Waals surface area contributed by atoms with Crippen LogP contribution < -0.4 is 0 Å². The van der Waals surface area contributed by atoms with E-state index in [0.717, 1.165) is 38.9 Å². The van der Waals surface area contributed by atoms with Gasteiger partial charge in [-0.3, -0.25) is 0 Å². The van der Waals surface area contributed by atoms with Gasteiger partial charge in [-0.2, -0.15) is 0 Å². The van der Waals surface area contributed by atoms with Crippen LogP contribution in [0.3, 0.4) is 0 Å². The molecule has 9 rings (SSSR count). The molecule has 7 aromatic carbocycles. The predicted molar refractivity (Wildman–Crippen MR) is 276 cm³/mol. The van der Waals surface area contributed by atoms with Crippen LogP contribution in [0.15, 0.2) is 212 Å². The molecule has 2 saturated heterocycles. The van der Waals surface area contributed by atoms with Gasteiger partial charge in [0.2, 0.25) is 0 Å².